The van der Waals surface area contributed by atoms with Crippen LogP contribution in [0.1, 0.15) is 21.9 Å². The molecule has 15 heteroatoms. The minimum Gasteiger partial charge on any atom is -0.338 e. The Morgan fingerprint density at radius 1 is 1.08 bits per heavy atom. The van der Waals surface area contributed by atoms with Gasteiger partial charge < -0.3 is 14.8 Å². The third-order valence-corrected chi connectivity index (χ3v) is 8.21. The van der Waals surface area contributed by atoms with Gasteiger partial charge in [0.2, 0.25) is 16.0 Å². The fraction of sp³-hybridized carbons (Fsp3) is 0.318. The van der Waals surface area contributed by atoms with E-state index in [1.165, 1.54) is 45.7 Å². The zero-order valence-electron chi connectivity index (χ0n) is 20.1. The monoisotopic (exact) mass is 544 g/mol. The molecule has 1 saturated heterocycles. The summed E-state index contributed by atoms with van der Waals surface area (Å²) in [5.74, 6) is -0.576. The molecule has 0 unspecified atom stereocenters. The van der Waals surface area contributed by atoms with Crippen molar-refractivity contribution in [3.8, 4) is 6.07 Å². The van der Waals surface area contributed by atoms with Crippen LogP contribution in [0.5, 0.6) is 0 Å². The summed E-state index contributed by atoms with van der Waals surface area (Å²) in [6.07, 6.45) is 3.55. The first-order chi connectivity index (χ1) is 17.5. The van der Waals surface area contributed by atoms with Crippen LogP contribution < -0.4 is 10.2 Å². The molecule has 0 spiro atoms. The number of sulfone groups is 1. The van der Waals surface area contributed by atoms with E-state index in [4.69, 9.17) is 5.26 Å². The summed E-state index contributed by atoms with van der Waals surface area (Å²) in [6.45, 7) is 2.92. The molecule has 13 nitrogen and oxygen atoms in total. The fourth-order valence-electron chi connectivity index (χ4n) is 3.80. The van der Waals surface area contributed by atoms with Gasteiger partial charge in [0.1, 0.15) is 23.3 Å². The molecule has 0 aliphatic carbocycles. The number of hydrogen-bond acceptors (Lipinski definition) is 10. The van der Waals surface area contributed by atoms with Crippen molar-refractivity contribution in [2.75, 3.05) is 42.7 Å². The third-order valence-electron chi connectivity index (χ3n) is 5.55. The van der Waals surface area contributed by atoms with Gasteiger partial charge in [-0.25, -0.2) is 31.8 Å². The molecule has 1 aromatic carbocycles. The number of piperazine rings is 1. The van der Waals surface area contributed by atoms with Crippen molar-refractivity contribution in [1.29, 1.82) is 5.26 Å². The number of nitriles is 1. The first-order valence-electron chi connectivity index (χ1n) is 11.1. The summed E-state index contributed by atoms with van der Waals surface area (Å²) in [5.41, 5.74) is 1.30. The zero-order valence-corrected chi connectivity index (χ0v) is 21.7. The van der Waals surface area contributed by atoms with Crippen molar-refractivity contribution in [3.63, 3.8) is 0 Å². The molecule has 1 fully saturated rings. The van der Waals surface area contributed by atoms with Crippen molar-refractivity contribution in [1.82, 2.24) is 23.8 Å². The maximum absolute atomic E-state index is 13.2. The maximum Gasteiger partial charge on any atom is 0.273 e. The number of aromatic nitrogens is 4. The number of nitrogens with one attached hydrogen (secondary N) is 1. The lowest BCUT2D eigenvalue weighted by Crippen LogP contribution is -2.49. The summed E-state index contributed by atoms with van der Waals surface area (Å²) < 4.78 is 52.0. The minimum absolute atomic E-state index is 0.0551. The second-order valence-electron chi connectivity index (χ2n) is 8.48. The van der Waals surface area contributed by atoms with Gasteiger partial charge >= 0.3 is 0 Å². The first-order valence-corrected chi connectivity index (χ1v) is 14.6. The summed E-state index contributed by atoms with van der Waals surface area (Å²) in [5, 5.41) is 11.8. The Morgan fingerprint density at radius 3 is 2.38 bits per heavy atom. The van der Waals surface area contributed by atoms with Crippen LogP contribution in [0.25, 0.3) is 0 Å². The molecular weight excluding hydrogens is 520 g/mol. The van der Waals surface area contributed by atoms with Gasteiger partial charge in [0.05, 0.1) is 17.4 Å². The molecule has 0 saturated carbocycles. The quantitative estimate of drug-likeness (QED) is 0.444. The van der Waals surface area contributed by atoms with Gasteiger partial charge in [0.15, 0.2) is 9.84 Å². The standard InChI is InChI=1S/C22H24N8O5S2/c1-16-11-18(12-23)27-22(25-16)28-7-9-30(10-8-28)37(34,35)19-5-3-17(4-6-19)26-21(31)20-13-24-14-29(20)15-36(2,32)33/h3-6,11,13-14H,7-10,15H2,1-2H3,(H,26,31). The van der Waals surface area contributed by atoms with E-state index in [1.807, 2.05) is 11.0 Å². The SMILES string of the molecule is Cc1cc(C#N)nc(N2CCN(S(=O)(=O)c3ccc(NC(=O)c4cncn4CS(C)(=O)=O)cc3)CC2)n1. The maximum atomic E-state index is 13.2. The normalized spacial score (nSPS) is 14.8. The van der Waals surface area contributed by atoms with Crippen molar-refractivity contribution < 1.29 is 21.6 Å². The first kappa shape index (κ1) is 26.2. The van der Waals surface area contributed by atoms with E-state index in [1.54, 1.807) is 13.0 Å². The lowest BCUT2D eigenvalue weighted by molar-refractivity contribution is 0.101. The minimum atomic E-state index is -3.78. The number of anilines is 2. The van der Waals surface area contributed by atoms with Crippen LogP contribution in [-0.2, 0) is 25.7 Å². The molecule has 3 heterocycles. The fourth-order valence-corrected chi connectivity index (χ4v) is 5.93. The van der Waals surface area contributed by atoms with Crippen LogP contribution in [0, 0.1) is 18.3 Å². The number of benzene rings is 1. The van der Waals surface area contributed by atoms with Crippen LogP contribution >= 0.6 is 0 Å². The Balaban J connectivity index is 1.41. The second-order valence-corrected chi connectivity index (χ2v) is 12.5. The average molecular weight is 545 g/mol. The number of amides is 1. The predicted molar refractivity (Wildman–Crippen MR) is 134 cm³/mol. The highest BCUT2D eigenvalue weighted by molar-refractivity contribution is 7.89. The Hall–Kier alpha value is -3.87. The highest BCUT2D eigenvalue weighted by atomic mass is 32.2. The number of nitrogens with zero attached hydrogens (tertiary/aromatic N) is 7. The predicted octanol–water partition coefficient (Wildman–Crippen LogP) is 0.619. The van der Waals surface area contributed by atoms with Crippen LogP contribution in [0.3, 0.4) is 0 Å². The smallest absolute Gasteiger partial charge is 0.273 e. The van der Waals surface area contributed by atoms with Gasteiger partial charge in [0, 0.05) is 43.8 Å². The van der Waals surface area contributed by atoms with Crippen LogP contribution in [0.2, 0.25) is 0 Å². The number of imidazole rings is 1. The molecule has 4 rings (SSSR count). The van der Waals surface area contributed by atoms with Gasteiger partial charge in [-0.3, -0.25) is 4.79 Å². The average Bonchev–Trinajstić information content (AvgIpc) is 3.30. The molecular formula is C22H24N8O5S2. The van der Waals surface area contributed by atoms with E-state index >= 15 is 0 Å². The van der Waals surface area contributed by atoms with Gasteiger partial charge in [-0.15, -0.1) is 0 Å². The third kappa shape index (κ3) is 6.10. The van der Waals surface area contributed by atoms with Crippen LogP contribution in [0.4, 0.5) is 11.6 Å². The van der Waals surface area contributed by atoms with E-state index in [0.29, 0.717) is 30.4 Å². The molecule has 3 aromatic rings. The van der Waals surface area contributed by atoms with Crippen LogP contribution in [-0.4, -0.2) is 79.0 Å². The molecule has 1 amide bonds. The van der Waals surface area contributed by atoms with E-state index in [9.17, 15) is 21.6 Å². The summed E-state index contributed by atoms with van der Waals surface area (Å²) in [4.78, 5) is 26.9. The number of rotatable bonds is 7. The van der Waals surface area contributed by atoms with Crippen molar-refractivity contribution in [2.45, 2.75) is 17.7 Å². The molecule has 1 N–H and O–H groups in total. The van der Waals surface area contributed by atoms with Crippen molar-refractivity contribution in [2.24, 2.45) is 0 Å². The lowest BCUT2D eigenvalue weighted by Gasteiger charge is -2.34. The van der Waals surface area contributed by atoms with Crippen molar-refractivity contribution in [3.05, 3.63) is 59.9 Å². The summed E-state index contributed by atoms with van der Waals surface area (Å²) in [7, 11) is -7.17. The summed E-state index contributed by atoms with van der Waals surface area (Å²) >= 11 is 0. The van der Waals surface area contributed by atoms with E-state index in [-0.39, 0.29) is 29.4 Å². The Kier molecular flexibility index (Phi) is 7.25. The number of aryl methyl sites for hydroxylation is 1. The van der Waals surface area contributed by atoms with Gasteiger partial charge in [-0.1, -0.05) is 0 Å². The topological polar surface area (TPSA) is 171 Å². The van der Waals surface area contributed by atoms with Gasteiger partial charge in [-0.05, 0) is 37.3 Å². The zero-order chi connectivity index (χ0) is 26.8. The molecule has 0 bridgehead atoms. The Labute approximate surface area is 214 Å². The number of hydrogen-bond donors (Lipinski definition) is 1. The highest BCUT2D eigenvalue weighted by Crippen LogP contribution is 2.22. The van der Waals surface area contributed by atoms with Crippen LogP contribution in [0.15, 0.2) is 47.8 Å². The molecule has 37 heavy (non-hydrogen) atoms. The Bertz CT molecular complexity index is 1570. The second kappa shape index (κ2) is 10.2. The highest BCUT2D eigenvalue weighted by Gasteiger charge is 2.29. The number of carbonyl (C=O) groups excluding carboxylic acids is 1. The lowest BCUT2D eigenvalue weighted by atomic mass is 10.3. The number of carbonyl (C=O) groups is 1. The summed E-state index contributed by atoms with van der Waals surface area (Å²) in [6, 6.07) is 9.30. The molecule has 0 radical (unpaired) electrons. The molecule has 1 aliphatic heterocycles. The molecule has 1 aliphatic rings. The Morgan fingerprint density at radius 2 is 1.76 bits per heavy atom. The van der Waals surface area contributed by atoms with E-state index < -0.39 is 31.6 Å². The largest absolute Gasteiger partial charge is 0.338 e. The number of sulfonamides is 1. The molecule has 2 aromatic heterocycles. The van der Waals surface area contributed by atoms with E-state index in [2.05, 4.69) is 20.3 Å². The van der Waals surface area contributed by atoms with Gasteiger partial charge in [-0.2, -0.15) is 9.57 Å². The van der Waals surface area contributed by atoms with Gasteiger partial charge in [0.25, 0.3) is 5.91 Å². The van der Waals surface area contributed by atoms with Crippen molar-refractivity contribution >= 4 is 37.4 Å². The molecule has 194 valence electrons. The molecule has 0 atom stereocenters. The van der Waals surface area contributed by atoms with E-state index in [0.717, 1.165) is 6.26 Å².